The molecule has 1 heterocycles. The lowest BCUT2D eigenvalue weighted by Gasteiger charge is -1.98. The molecule has 0 aliphatic carbocycles. The molecule has 0 bridgehead atoms. The van der Waals surface area contributed by atoms with Gasteiger partial charge in [0.1, 0.15) is 11.8 Å². The molecule has 0 N–H and O–H groups in total. The zero-order valence-electron chi connectivity index (χ0n) is 6.70. The van der Waals surface area contributed by atoms with Crippen LogP contribution in [0.3, 0.4) is 0 Å². The van der Waals surface area contributed by atoms with Gasteiger partial charge in [-0.15, -0.1) is 0 Å². The largest absolute Gasteiger partial charge is 0.246 e. The molecule has 0 unspecified atom stereocenters. The monoisotopic (exact) mass is 144 g/mol. The highest BCUT2D eigenvalue weighted by molar-refractivity contribution is 6.70. The number of hydrogen-bond acceptors (Lipinski definition) is 2. The lowest BCUT2D eigenvalue weighted by Crippen LogP contribution is -2.22. The molecule has 2 nitrogen and oxygen atoms in total. The van der Waals surface area contributed by atoms with E-state index in [1.807, 2.05) is 12.1 Å². The minimum Gasteiger partial charge on any atom is -0.246 e. The molecule has 3 heteroatoms. The Labute approximate surface area is 67.0 Å². The van der Waals surface area contributed by atoms with Crippen molar-refractivity contribution in [1.82, 2.24) is 4.98 Å². The van der Waals surface area contributed by atoms with Crippen LogP contribution < -0.4 is 5.46 Å². The van der Waals surface area contributed by atoms with Crippen molar-refractivity contribution in [2.75, 3.05) is 0 Å². The SMILES string of the molecule is CB(C)c1ccc(C#N)nc1. The van der Waals surface area contributed by atoms with Gasteiger partial charge in [-0.2, -0.15) is 5.26 Å². The van der Waals surface area contributed by atoms with Crippen LogP contribution in [-0.2, 0) is 0 Å². The number of hydrogen-bond donors (Lipinski definition) is 0. The van der Waals surface area contributed by atoms with Gasteiger partial charge in [0, 0.05) is 6.20 Å². The molecule has 11 heavy (non-hydrogen) atoms. The third kappa shape index (κ3) is 1.81. The Hall–Kier alpha value is -1.30. The second-order valence-electron chi connectivity index (χ2n) is 2.74. The van der Waals surface area contributed by atoms with Gasteiger partial charge in [0.05, 0.1) is 0 Å². The Morgan fingerprint density at radius 1 is 1.45 bits per heavy atom. The molecule has 0 aromatic carbocycles. The second kappa shape index (κ2) is 3.20. The van der Waals surface area contributed by atoms with E-state index in [0.717, 1.165) is 0 Å². The van der Waals surface area contributed by atoms with E-state index < -0.39 is 0 Å². The van der Waals surface area contributed by atoms with Crippen molar-refractivity contribution in [3.63, 3.8) is 0 Å². The Morgan fingerprint density at radius 2 is 2.18 bits per heavy atom. The molecular weight excluding hydrogens is 135 g/mol. The quantitative estimate of drug-likeness (QED) is 0.549. The van der Waals surface area contributed by atoms with Crippen LogP contribution in [0.2, 0.25) is 13.6 Å². The smallest absolute Gasteiger partial charge is 0.171 e. The van der Waals surface area contributed by atoms with E-state index in [4.69, 9.17) is 5.26 Å². The molecule has 0 saturated carbocycles. The molecule has 0 fully saturated rings. The van der Waals surface area contributed by atoms with Gasteiger partial charge < -0.3 is 0 Å². The Balaban J connectivity index is 2.94. The van der Waals surface area contributed by atoms with Gasteiger partial charge in [0.2, 0.25) is 0 Å². The molecule has 0 radical (unpaired) electrons. The first-order valence-corrected chi connectivity index (χ1v) is 3.60. The summed E-state index contributed by atoms with van der Waals surface area (Å²) >= 11 is 0. The van der Waals surface area contributed by atoms with Gasteiger partial charge >= 0.3 is 0 Å². The summed E-state index contributed by atoms with van der Waals surface area (Å²) in [6.45, 7) is 4.68. The molecule has 1 rings (SSSR count). The summed E-state index contributed by atoms with van der Waals surface area (Å²) in [4.78, 5) is 3.96. The van der Waals surface area contributed by atoms with Gasteiger partial charge in [-0.25, -0.2) is 4.98 Å². The summed E-state index contributed by atoms with van der Waals surface area (Å²) in [6, 6.07) is 5.67. The average molecular weight is 144 g/mol. The predicted octanol–water partition coefficient (Wildman–Crippen LogP) is 0.915. The number of nitrogens with zero attached hydrogens (tertiary/aromatic N) is 2. The molecule has 0 atom stereocenters. The fourth-order valence-electron chi connectivity index (χ4n) is 0.813. The predicted molar refractivity (Wildman–Crippen MR) is 46.1 cm³/mol. The van der Waals surface area contributed by atoms with Crippen LogP contribution in [0, 0.1) is 11.3 Å². The topological polar surface area (TPSA) is 36.7 Å². The molecular formula is C8H9BN2. The molecule has 1 aromatic heterocycles. The number of pyridine rings is 1. The highest BCUT2D eigenvalue weighted by Gasteiger charge is 2.01. The van der Waals surface area contributed by atoms with Gasteiger partial charge in [0.25, 0.3) is 0 Å². The van der Waals surface area contributed by atoms with Crippen LogP contribution in [0.4, 0.5) is 0 Å². The van der Waals surface area contributed by atoms with Crippen molar-refractivity contribution in [1.29, 1.82) is 5.26 Å². The van der Waals surface area contributed by atoms with E-state index in [9.17, 15) is 0 Å². The van der Waals surface area contributed by atoms with E-state index >= 15 is 0 Å². The first-order chi connectivity index (χ1) is 5.24. The standard InChI is InChI=1S/C8H9BN2/c1-9(2)7-3-4-8(5-10)11-6-7/h3-4,6H,1-2H3. The van der Waals surface area contributed by atoms with Crippen molar-refractivity contribution in [3.05, 3.63) is 24.0 Å². The molecule has 0 spiro atoms. The third-order valence-electron chi connectivity index (χ3n) is 1.57. The Bertz CT molecular complexity index is 271. The van der Waals surface area contributed by atoms with Gasteiger partial charge in [0.15, 0.2) is 6.71 Å². The minimum absolute atomic E-state index is 0.481. The Kier molecular flexibility index (Phi) is 2.27. The molecule has 0 saturated heterocycles. The lowest BCUT2D eigenvalue weighted by atomic mass is 9.50. The normalized spacial score (nSPS) is 8.82. The van der Waals surface area contributed by atoms with Crippen LogP contribution in [0.15, 0.2) is 18.3 Å². The molecule has 0 aliphatic rings. The van der Waals surface area contributed by atoms with Crippen LogP contribution >= 0.6 is 0 Å². The number of nitriles is 1. The second-order valence-corrected chi connectivity index (χ2v) is 2.74. The van der Waals surface area contributed by atoms with E-state index in [2.05, 4.69) is 18.6 Å². The maximum atomic E-state index is 8.45. The van der Waals surface area contributed by atoms with Crippen molar-refractivity contribution in [2.45, 2.75) is 13.6 Å². The first-order valence-electron chi connectivity index (χ1n) is 3.60. The fourth-order valence-corrected chi connectivity index (χ4v) is 0.813. The van der Waals surface area contributed by atoms with Crippen LogP contribution in [0.1, 0.15) is 5.69 Å². The van der Waals surface area contributed by atoms with Crippen LogP contribution in [0.5, 0.6) is 0 Å². The van der Waals surface area contributed by atoms with Crippen molar-refractivity contribution < 1.29 is 0 Å². The summed E-state index contributed by atoms with van der Waals surface area (Å²) in [5.41, 5.74) is 1.65. The fraction of sp³-hybridized carbons (Fsp3) is 0.250. The van der Waals surface area contributed by atoms with Crippen LogP contribution in [0.25, 0.3) is 0 Å². The molecule has 0 amide bonds. The maximum Gasteiger partial charge on any atom is 0.171 e. The summed E-state index contributed by atoms with van der Waals surface area (Å²) < 4.78 is 0. The molecule has 1 aromatic rings. The zero-order valence-corrected chi connectivity index (χ0v) is 6.70. The third-order valence-corrected chi connectivity index (χ3v) is 1.57. The van der Waals surface area contributed by atoms with Crippen molar-refractivity contribution in [2.24, 2.45) is 0 Å². The minimum atomic E-state index is 0.481. The maximum absolute atomic E-state index is 8.45. The highest BCUT2D eigenvalue weighted by Crippen LogP contribution is 1.89. The first kappa shape index (κ1) is 7.81. The van der Waals surface area contributed by atoms with E-state index in [-0.39, 0.29) is 0 Å². The van der Waals surface area contributed by atoms with Crippen LogP contribution in [-0.4, -0.2) is 11.7 Å². The lowest BCUT2D eigenvalue weighted by molar-refractivity contribution is 1.28. The van der Waals surface area contributed by atoms with E-state index in [0.29, 0.717) is 12.4 Å². The van der Waals surface area contributed by atoms with Crippen molar-refractivity contribution in [3.8, 4) is 6.07 Å². The van der Waals surface area contributed by atoms with E-state index in [1.165, 1.54) is 5.46 Å². The van der Waals surface area contributed by atoms with Gasteiger partial charge in [-0.1, -0.05) is 25.2 Å². The van der Waals surface area contributed by atoms with Gasteiger partial charge in [-0.05, 0) is 6.07 Å². The molecule has 0 aliphatic heterocycles. The summed E-state index contributed by atoms with van der Waals surface area (Å²) in [7, 11) is 0. The molecule has 54 valence electrons. The number of aromatic nitrogens is 1. The van der Waals surface area contributed by atoms with E-state index in [1.54, 1.807) is 12.3 Å². The number of rotatable bonds is 1. The highest BCUT2D eigenvalue weighted by atomic mass is 14.7. The zero-order chi connectivity index (χ0) is 8.27. The Morgan fingerprint density at radius 3 is 2.55 bits per heavy atom. The summed E-state index contributed by atoms with van der Waals surface area (Å²) in [6.07, 6.45) is 1.75. The summed E-state index contributed by atoms with van der Waals surface area (Å²) in [5, 5.41) is 8.45. The average Bonchev–Trinajstić information content (AvgIpc) is 2.05. The van der Waals surface area contributed by atoms with Gasteiger partial charge in [-0.3, -0.25) is 0 Å². The van der Waals surface area contributed by atoms with Crippen molar-refractivity contribution >= 4 is 12.2 Å². The summed E-state index contributed by atoms with van der Waals surface area (Å²) in [5.74, 6) is 0.